The summed E-state index contributed by atoms with van der Waals surface area (Å²) >= 11 is 5.73. The fourth-order valence-electron chi connectivity index (χ4n) is 3.71. The van der Waals surface area contributed by atoms with E-state index in [0.717, 1.165) is 16.4 Å². The maximum Gasteiger partial charge on any atom is 0.170 e. The molecule has 0 aromatic carbocycles. The highest BCUT2D eigenvalue weighted by atomic mass is 32.1. The fraction of sp³-hybridized carbons (Fsp3) is 0.286. The Hall–Kier alpha value is -2.73. The molecule has 6 heteroatoms. The Bertz CT molecular complexity index is 907. The molecule has 4 rings (SSSR count). The second kappa shape index (κ2) is 7.48. The Morgan fingerprint density at radius 3 is 2.70 bits per heavy atom. The second-order valence-electron chi connectivity index (χ2n) is 7.05. The van der Waals surface area contributed by atoms with Crippen LogP contribution in [0.1, 0.15) is 48.9 Å². The first-order valence-electron chi connectivity index (χ1n) is 9.19. The summed E-state index contributed by atoms with van der Waals surface area (Å²) in [7, 11) is 0. The van der Waals surface area contributed by atoms with Crippen molar-refractivity contribution in [3.05, 3.63) is 84.2 Å². The van der Waals surface area contributed by atoms with Crippen LogP contribution in [0.4, 0.5) is 0 Å². The van der Waals surface area contributed by atoms with Crippen molar-refractivity contribution < 1.29 is 0 Å². The SMILES string of the molecule is CC(C)n1cccc1[C@@H]1[C@@H](c2ccccn2)NC(=S)N1Cc1cccnc1. The maximum atomic E-state index is 5.73. The third-order valence-electron chi connectivity index (χ3n) is 4.94. The van der Waals surface area contributed by atoms with Gasteiger partial charge in [0.25, 0.3) is 0 Å². The third kappa shape index (κ3) is 3.45. The zero-order valence-corrected chi connectivity index (χ0v) is 16.3. The van der Waals surface area contributed by atoms with Crippen molar-refractivity contribution in [2.24, 2.45) is 0 Å². The number of thiocarbonyl (C=S) groups is 1. The lowest BCUT2D eigenvalue weighted by atomic mass is 10.0. The van der Waals surface area contributed by atoms with Crippen molar-refractivity contribution >= 4 is 17.3 Å². The first-order valence-corrected chi connectivity index (χ1v) is 9.59. The van der Waals surface area contributed by atoms with Gasteiger partial charge in [-0.1, -0.05) is 12.1 Å². The van der Waals surface area contributed by atoms with Crippen LogP contribution in [0.2, 0.25) is 0 Å². The van der Waals surface area contributed by atoms with Gasteiger partial charge in [-0.2, -0.15) is 0 Å². The van der Waals surface area contributed by atoms with Gasteiger partial charge in [0.05, 0.1) is 17.8 Å². The van der Waals surface area contributed by atoms with Crippen molar-refractivity contribution in [2.45, 2.75) is 38.5 Å². The predicted octanol–water partition coefficient (Wildman–Crippen LogP) is 4.03. The van der Waals surface area contributed by atoms with Crippen LogP contribution in [-0.2, 0) is 6.54 Å². The molecule has 138 valence electrons. The average Bonchev–Trinajstić information content (AvgIpc) is 3.28. The van der Waals surface area contributed by atoms with E-state index in [9.17, 15) is 0 Å². The fourth-order valence-corrected chi connectivity index (χ4v) is 4.02. The van der Waals surface area contributed by atoms with E-state index in [0.29, 0.717) is 12.6 Å². The zero-order valence-electron chi connectivity index (χ0n) is 15.5. The van der Waals surface area contributed by atoms with Crippen LogP contribution in [0.15, 0.2) is 67.3 Å². The van der Waals surface area contributed by atoms with E-state index in [2.05, 4.69) is 69.1 Å². The summed E-state index contributed by atoms with van der Waals surface area (Å²) in [5.41, 5.74) is 3.36. The minimum absolute atomic E-state index is 0.00257. The highest BCUT2D eigenvalue weighted by Crippen LogP contribution is 2.40. The van der Waals surface area contributed by atoms with Crippen molar-refractivity contribution in [1.82, 2.24) is 24.8 Å². The lowest BCUT2D eigenvalue weighted by molar-refractivity contribution is 0.293. The van der Waals surface area contributed by atoms with Crippen LogP contribution in [-0.4, -0.2) is 24.5 Å². The van der Waals surface area contributed by atoms with Gasteiger partial charge in [-0.25, -0.2) is 0 Å². The van der Waals surface area contributed by atoms with E-state index in [1.54, 1.807) is 6.20 Å². The largest absolute Gasteiger partial charge is 0.352 e. The average molecular weight is 378 g/mol. The van der Waals surface area contributed by atoms with Crippen molar-refractivity contribution in [3.63, 3.8) is 0 Å². The van der Waals surface area contributed by atoms with Crippen LogP contribution in [0.25, 0.3) is 0 Å². The Morgan fingerprint density at radius 2 is 2.00 bits per heavy atom. The molecule has 0 unspecified atom stereocenters. The van der Waals surface area contributed by atoms with Gasteiger partial charge in [0.2, 0.25) is 0 Å². The van der Waals surface area contributed by atoms with E-state index in [4.69, 9.17) is 12.2 Å². The van der Waals surface area contributed by atoms with E-state index >= 15 is 0 Å². The summed E-state index contributed by atoms with van der Waals surface area (Å²) in [6, 6.07) is 14.8. The summed E-state index contributed by atoms with van der Waals surface area (Å²) in [6.45, 7) is 5.10. The third-order valence-corrected chi connectivity index (χ3v) is 5.30. The van der Waals surface area contributed by atoms with Crippen LogP contribution in [0.5, 0.6) is 0 Å². The van der Waals surface area contributed by atoms with Crippen molar-refractivity contribution in [2.75, 3.05) is 0 Å². The molecule has 5 nitrogen and oxygen atoms in total. The minimum atomic E-state index is 0.00257. The van der Waals surface area contributed by atoms with Gasteiger partial charge in [0.1, 0.15) is 0 Å². The molecule has 4 heterocycles. The first kappa shape index (κ1) is 17.7. The molecular weight excluding hydrogens is 354 g/mol. The molecule has 2 atom stereocenters. The number of pyridine rings is 2. The number of hydrogen-bond acceptors (Lipinski definition) is 3. The molecule has 1 fully saturated rings. The summed E-state index contributed by atoms with van der Waals surface area (Å²) < 4.78 is 2.31. The normalized spacial score (nSPS) is 19.5. The summed E-state index contributed by atoms with van der Waals surface area (Å²) in [5.74, 6) is 0. The quantitative estimate of drug-likeness (QED) is 0.680. The zero-order chi connectivity index (χ0) is 18.8. The molecule has 0 amide bonds. The smallest absolute Gasteiger partial charge is 0.170 e. The number of rotatable bonds is 5. The second-order valence-corrected chi connectivity index (χ2v) is 7.44. The van der Waals surface area contributed by atoms with Crippen LogP contribution >= 0.6 is 12.2 Å². The molecule has 27 heavy (non-hydrogen) atoms. The number of nitrogens with one attached hydrogen (secondary N) is 1. The van der Waals surface area contributed by atoms with Crippen LogP contribution < -0.4 is 5.32 Å². The van der Waals surface area contributed by atoms with E-state index in [1.807, 2.05) is 30.6 Å². The molecule has 0 radical (unpaired) electrons. The molecule has 1 aliphatic rings. The summed E-state index contributed by atoms with van der Waals surface area (Å²) in [6.07, 6.45) is 7.67. The Morgan fingerprint density at radius 1 is 1.11 bits per heavy atom. The van der Waals surface area contributed by atoms with E-state index in [-0.39, 0.29) is 12.1 Å². The van der Waals surface area contributed by atoms with Gasteiger partial charge in [0, 0.05) is 43.1 Å². The standard InChI is InChI=1S/C21H23N5S/c1-15(2)25-12-6-9-18(25)20-19(17-8-3-4-11-23-17)24-21(27)26(20)14-16-7-5-10-22-13-16/h3-13,15,19-20H,14H2,1-2H3,(H,24,27)/t19-,20-/m1/s1. The first-order chi connectivity index (χ1) is 13.1. The van der Waals surface area contributed by atoms with Gasteiger partial charge in [-0.15, -0.1) is 0 Å². The monoisotopic (exact) mass is 377 g/mol. The van der Waals surface area contributed by atoms with Gasteiger partial charge in [-0.3, -0.25) is 9.97 Å². The molecule has 0 saturated carbocycles. The Kier molecular flexibility index (Phi) is 4.90. The predicted molar refractivity (Wildman–Crippen MR) is 110 cm³/mol. The molecule has 1 N–H and O–H groups in total. The molecule has 0 spiro atoms. The molecule has 0 bridgehead atoms. The number of nitrogens with zero attached hydrogens (tertiary/aromatic N) is 4. The van der Waals surface area contributed by atoms with Crippen LogP contribution in [0.3, 0.4) is 0 Å². The van der Waals surface area contributed by atoms with E-state index in [1.165, 1.54) is 5.69 Å². The highest BCUT2D eigenvalue weighted by Gasteiger charge is 2.41. The molecule has 3 aromatic rings. The van der Waals surface area contributed by atoms with Crippen LogP contribution in [0, 0.1) is 0 Å². The molecule has 3 aromatic heterocycles. The summed E-state index contributed by atoms with van der Waals surface area (Å²) in [5, 5.41) is 4.25. The summed E-state index contributed by atoms with van der Waals surface area (Å²) in [4.78, 5) is 11.1. The minimum Gasteiger partial charge on any atom is -0.352 e. The van der Waals surface area contributed by atoms with Crippen molar-refractivity contribution in [3.8, 4) is 0 Å². The van der Waals surface area contributed by atoms with Gasteiger partial charge < -0.3 is 14.8 Å². The topological polar surface area (TPSA) is 46.0 Å². The molecule has 1 saturated heterocycles. The molecular formula is C21H23N5S. The lowest BCUT2D eigenvalue weighted by Crippen LogP contribution is -2.30. The maximum absolute atomic E-state index is 5.73. The number of hydrogen-bond donors (Lipinski definition) is 1. The highest BCUT2D eigenvalue weighted by molar-refractivity contribution is 7.80. The number of aromatic nitrogens is 3. The van der Waals surface area contributed by atoms with Gasteiger partial charge in [0.15, 0.2) is 5.11 Å². The molecule has 0 aliphatic carbocycles. The Labute approximate surface area is 165 Å². The Balaban J connectivity index is 1.77. The molecule has 1 aliphatic heterocycles. The lowest BCUT2D eigenvalue weighted by Gasteiger charge is -2.29. The van der Waals surface area contributed by atoms with Gasteiger partial charge >= 0.3 is 0 Å². The van der Waals surface area contributed by atoms with Gasteiger partial charge in [-0.05, 0) is 62.0 Å². The van der Waals surface area contributed by atoms with E-state index < -0.39 is 0 Å². The van der Waals surface area contributed by atoms with Crippen molar-refractivity contribution in [1.29, 1.82) is 0 Å².